The van der Waals surface area contributed by atoms with Gasteiger partial charge < -0.3 is 14.2 Å². The Morgan fingerprint density at radius 3 is 0.887 bits per heavy atom. The zero-order chi connectivity index (χ0) is 51.4. The average Bonchev–Trinajstić information content (AvgIpc) is 3.37. The SMILES string of the molecule is CCCCC/C=C\C/C=C\C/C=C\C/C=C\CCCC(=O)OC[C@H](COC(=O)CCCCCCCCCCCCCCCCC)OC(=O)CCCCCCCCCCCCC/C=C\CCCCCCCC. The summed E-state index contributed by atoms with van der Waals surface area (Å²) in [7, 11) is 0. The molecule has 0 aromatic rings. The normalized spacial score (nSPS) is 12.4. The average molecular weight is 994 g/mol. The molecule has 0 aliphatic carbocycles. The van der Waals surface area contributed by atoms with Gasteiger partial charge in [-0.2, -0.15) is 0 Å². The van der Waals surface area contributed by atoms with Gasteiger partial charge in [-0.05, 0) is 83.5 Å². The van der Waals surface area contributed by atoms with Crippen molar-refractivity contribution in [2.45, 2.75) is 322 Å². The van der Waals surface area contributed by atoms with Crippen LogP contribution in [0.3, 0.4) is 0 Å². The first-order valence-electron chi connectivity index (χ1n) is 30.8. The van der Waals surface area contributed by atoms with Gasteiger partial charge in [0.15, 0.2) is 6.10 Å². The Hall–Kier alpha value is -2.89. The van der Waals surface area contributed by atoms with Crippen LogP contribution in [-0.2, 0) is 28.6 Å². The van der Waals surface area contributed by atoms with E-state index in [1.54, 1.807) is 0 Å². The minimum atomic E-state index is -0.795. The standard InChI is InChI=1S/C65H116O6/c1-4-7-10-13-16-19-22-25-28-30-31-32-33-35-38-41-44-47-50-53-56-59-65(68)71-62(60-69-63(66)57-54-51-48-45-42-39-36-27-24-21-18-15-12-9-6-3)61-70-64(67)58-55-52-49-46-43-40-37-34-29-26-23-20-17-14-11-8-5-2/h17,20,25-26,28-29,37,40,46,49,62H,4-16,18-19,21-24,27,30-36,38-39,41-45,47-48,50-61H2,1-3H3/b20-17-,28-25-,29-26-,40-37-,49-46-/t62-/m0/s1. The summed E-state index contributed by atoms with van der Waals surface area (Å²) in [5.74, 6) is -0.931. The van der Waals surface area contributed by atoms with E-state index in [4.69, 9.17) is 14.2 Å². The molecule has 412 valence electrons. The van der Waals surface area contributed by atoms with Gasteiger partial charge in [0, 0.05) is 19.3 Å². The largest absolute Gasteiger partial charge is 0.462 e. The lowest BCUT2D eigenvalue weighted by atomic mass is 10.0. The molecule has 6 heteroatoms. The van der Waals surface area contributed by atoms with E-state index in [0.717, 1.165) is 64.2 Å². The Morgan fingerprint density at radius 2 is 0.521 bits per heavy atom. The highest BCUT2D eigenvalue weighted by Gasteiger charge is 2.19. The van der Waals surface area contributed by atoms with Gasteiger partial charge in [-0.15, -0.1) is 0 Å². The van der Waals surface area contributed by atoms with Gasteiger partial charge in [-0.1, -0.05) is 274 Å². The van der Waals surface area contributed by atoms with Crippen LogP contribution < -0.4 is 0 Å². The Bertz CT molecular complexity index is 1280. The zero-order valence-electron chi connectivity index (χ0n) is 47.2. The van der Waals surface area contributed by atoms with Crippen LogP contribution in [0.15, 0.2) is 60.8 Å². The lowest BCUT2D eigenvalue weighted by Crippen LogP contribution is -2.30. The maximum atomic E-state index is 12.9. The maximum absolute atomic E-state index is 12.9. The van der Waals surface area contributed by atoms with Gasteiger partial charge in [0.2, 0.25) is 0 Å². The van der Waals surface area contributed by atoms with Gasteiger partial charge in [-0.3, -0.25) is 14.4 Å². The van der Waals surface area contributed by atoms with E-state index in [-0.39, 0.29) is 37.5 Å². The van der Waals surface area contributed by atoms with Crippen LogP contribution in [0.1, 0.15) is 316 Å². The number of carbonyl (C=O) groups is 3. The fourth-order valence-corrected chi connectivity index (χ4v) is 8.84. The van der Waals surface area contributed by atoms with E-state index in [0.29, 0.717) is 19.3 Å². The summed E-state index contributed by atoms with van der Waals surface area (Å²) in [6, 6.07) is 0. The van der Waals surface area contributed by atoms with Gasteiger partial charge in [-0.25, -0.2) is 0 Å². The molecular formula is C65H116O6. The topological polar surface area (TPSA) is 78.9 Å². The van der Waals surface area contributed by atoms with Gasteiger partial charge >= 0.3 is 17.9 Å². The molecule has 0 unspecified atom stereocenters. The van der Waals surface area contributed by atoms with E-state index in [1.165, 1.54) is 205 Å². The molecule has 0 N–H and O–H groups in total. The number of esters is 3. The van der Waals surface area contributed by atoms with Gasteiger partial charge in [0.05, 0.1) is 0 Å². The van der Waals surface area contributed by atoms with Crippen LogP contribution in [0.2, 0.25) is 0 Å². The van der Waals surface area contributed by atoms with Crippen molar-refractivity contribution in [1.29, 1.82) is 0 Å². The van der Waals surface area contributed by atoms with Crippen molar-refractivity contribution in [3.8, 4) is 0 Å². The smallest absolute Gasteiger partial charge is 0.306 e. The first-order valence-corrected chi connectivity index (χ1v) is 30.8. The Balaban J connectivity index is 4.40. The van der Waals surface area contributed by atoms with Crippen molar-refractivity contribution in [1.82, 2.24) is 0 Å². The van der Waals surface area contributed by atoms with E-state index in [9.17, 15) is 14.4 Å². The lowest BCUT2D eigenvalue weighted by Gasteiger charge is -2.18. The molecule has 0 spiro atoms. The number of ether oxygens (including phenoxy) is 3. The second-order valence-corrected chi connectivity index (χ2v) is 20.6. The third-order valence-corrected chi connectivity index (χ3v) is 13.5. The molecule has 0 aromatic heterocycles. The van der Waals surface area contributed by atoms with E-state index < -0.39 is 6.10 Å². The molecule has 1 atom stereocenters. The number of hydrogen-bond acceptors (Lipinski definition) is 6. The Kier molecular flexibility index (Phi) is 57.2. The molecule has 0 aliphatic rings. The molecule has 0 saturated heterocycles. The summed E-state index contributed by atoms with van der Waals surface area (Å²) in [6.07, 6.45) is 75.1. The first-order chi connectivity index (χ1) is 35.0. The summed E-state index contributed by atoms with van der Waals surface area (Å²) in [6.45, 7) is 6.60. The molecule has 0 fully saturated rings. The van der Waals surface area contributed by atoms with Gasteiger partial charge in [0.1, 0.15) is 13.2 Å². The van der Waals surface area contributed by atoms with Crippen LogP contribution in [-0.4, -0.2) is 37.2 Å². The molecule has 6 nitrogen and oxygen atoms in total. The molecule has 0 bridgehead atoms. The number of hydrogen-bond donors (Lipinski definition) is 0. The summed E-state index contributed by atoms with van der Waals surface area (Å²) in [4.78, 5) is 38.2. The summed E-state index contributed by atoms with van der Waals surface area (Å²) < 4.78 is 16.9. The van der Waals surface area contributed by atoms with Crippen LogP contribution in [0, 0.1) is 0 Å². The quantitative estimate of drug-likeness (QED) is 0.0261. The Labute approximate surface area is 440 Å². The second kappa shape index (κ2) is 59.7. The molecule has 0 aromatic carbocycles. The second-order valence-electron chi connectivity index (χ2n) is 20.6. The number of rotatable bonds is 56. The molecule has 0 aliphatic heterocycles. The van der Waals surface area contributed by atoms with Gasteiger partial charge in [0.25, 0.3) is 0 Å². The van der Waals surface area contributed by atoms with Crippen LogP contribution in [0.4, 0.5) is 0 Å². The van der Waals surface area contributed by atoms with E-state index >= 15 is 0 Å². The fourth-order valence-electron chi connectivity index (χ4n) is 8.84. The third kappa shape index (κ3) is 57.9. The van der Waals surface area contributed by atoms with Crippen molar-refractivity contribution >= 4 is 17.9 Å². The zero-order valence-corrected chi connectivity index (χ0v) is 47.2. The van der Waals surface area contributed by atoms with Crippen LogP contribution in [0.5, 0.6) is 0 Å². The highest BCUT2D eigenvalue weighted by Crippen LogP contribution is 2.16. The van der Waals surface area contributed by atoms with E-state index in [2.05, 4.69) is 81.5 Å². The third-order valence-electron chi connectivity index (χ3n) is 13.5. The molecule has 0 heterocycles. The number of unbranched alkanes of at least 4 members (excludes halogenated alkanes) is 35. The maximum Gasteiger partial charge on any atom is 0.306 e. The van der Waals surface area contributed by atoms with Crippen molar-refractivity contribution in [3.05, 3.63) is 60.8 Å². The van der Waals surface area contributed by atoms with Crippen molar-refractivity contribution in [3.63, 3.8) is 0 Å². The highest BCUT2D eigenvalue weighted by atomic mass is 16.6. The highest BCUT2D eigenvalue weighted by molar-refractivity contribution is 5.71. The predicted molar refractivity (Wildman–Crippen MR) is 307 cm³/mol. The van der Waals surface area contributed by atoms with Crippen molar-refractivity contribution in [2.24, 2.45) is 0 Å². The predicted octanol–water partition coefficient (Wildman–Crippen LogP) is 20.8. The minimum absolute atomic E-state index is 0.0881. The molecular weight excluding hydrogens is 877 g/mol. The molecule has 71 heavy (non-hydrogen) atoms. The first kappa shape index (κ1) is 68.1. The molecule has 0 rings (SSSR count). The number of carbonyl (C=O) groups excluding carboxylic acids is 3. The summed E-state index contributed by atoms with van der Waals surface area (Å²) in [5, 5.41) is 0. The number of allylic oxidation sites excluding steroid dienone is 10. The molecule has 0 radical (unpaired) electrons. The fraction of sp³-hybridized carbons (Fsp3) is 0.800. The lowest BCUT2D eigenvalue weighted by molar-refractivity contribution is -0.167. The monoisotopic (exact) mass is 993 g/mol. The van der Waals surface area contributed by atoms with Crippen molar-refractivity contribution < 1.29 is 28.6 Å². The van der Waals surface area contributed by atoms with Crippen molar-refractivity contribution in [2.75, 3.05) is 13.2 Å². The van der Waals surface area contributed by atoms with E-state index in [1.807, 2.05) is 0 Å². The van der Waals surface area contributed by atoms with Crippen LogP contribution >= 0.6 is 0 Å². The summed E-state index contributed by atoms with van der Waals surface area (Å²) >= 11 is 0. The Morgan fingerprint density at radius 1 is 0.282 bits per heavy atom. The molecule has 0 amide bonds. The minimum Gasteiger partial charge on any atom is -0.462 e. The summed E-state index contributed by atoms with van der Waals surface area (Å²) in [5.41, 5.74) is 0. The molecule has 0 saturated carbocycles. The van der Waals surface area contributed by atoms with Crippen LogP contribution in [0.25, 0.3) is 0 Å².